The van der Waals surface area contributed by atoms with Crippen molar-refractivity contribution in [3.05, 3.63) is 0 Å². The normalized spacial score (nSPS) is 48.5. The fraction of sp³-hybridized carbons (Fsp3) is 0.922. The molecule has 0 unspecified atom stereocenters. The summed E-state index contributed by atoms with van der Waals surface area (Å²) in [5, 5.41) is 258. The predicted molar refractivity (Wildman–Crippen MR) is 352 cm³/mol. The molecule has 9 rings (SSSR count). The zero-order valence-corrected chi connectivity index (χ0v) is 61.8. The molecule has 0 spiro atoms. The molecule has 49 heteroatoms. The molecule has 652 valence electrons. The monoisotopic (exact) mass is 1650 g/mol. The summed E-state index contributed by atoms with van der Waals surface area (Å²) < 4.78 is 103. The molecule has 113 heavy (non-hydrogen) atoms. The van der Waals surface area contributed by atoms with E-state index in [1.807, 2.05) is 0 Å². The topological polar surface area (TPSA) is 747 Å². The highest BCUT2D eigenvalue weighted by molar-refractivity contribution is 5.75. The van der Waals surface area contributed by atoms with Crippen LogP contribution in [0.25, 0.3) is 0 Å². The summed E-state index contributed by atoms with van der Waals surface area (Å²) in [6.45, 7) is -0.0642. The predicted octanol–water partition coefficient (Wildman–Crippen LogP) is -17.9. The zero-order chi connectivity index (χ0) is 83.4. The molecule has 0 aliphatic carbocycles. The Bertz CT molecular complexity index is 3060. The average molecular weight is 1650 g/mol. The molecule has 0 radical (unpaired) electrons. The van der Waals surface area contributed by atoms with Crippen molar-refractivity contribution in [3.8, 4) is 0 Å². The maximum atomic E-state index is 13.2. The first-order valence-corrected chi connectivity index (χ1v) is 36.3. The summed E-state index contributed by atoms with van der Waals surface area (Å²) in [7, 11) is 0. The van der Waals surface area contributed by atoms with E-state index in [0.717, 1.165) is 34.6 Å². The van der Waals surface area contributed by atoms with Gasteiger partial charge in [-0.25, -0.2) is 0 Å². The van der Waals surface area contributed by atoms with Crippen molar-refractivity contribution < 1.29 is 217 Å². The van der Waals surface area contributed by atoms with Gasteiger partial charge in [-0.1, -0.05) is 0 Å². The molecular formula is C64H107N5O44. The van der Waals surface area contributed by atoms with Crippen molar-refractivity contribution in [2.45, 2.75) is 325 Å². The first kappa shape index (κ1) is 92.7. The zero-order valence-electron chi connectivity index (χ0n) is 61.8. The lowest BCUT2D eigenvalue weighted by atomic mass is 9.93. The third kappa shape index (κ3) is 20.8. The van der Waals surface area contributed by atoms with Gasteiger partial charge in [0.05, 0.1) is 58.5 Å². The molecule has 0 bridgehead atoms. The molecule has 0 saturated carbocycles. The van der Waals surface area contributed by atoms with Gasteiger partial charge in [-0.15, -0.1) is 0 Å². The maximum absolute atomic E-state index is 13.2. The quantitative estimate of drug-likeness (QED) is 0.0346. The van der Waals surface area contributed by atoms with Crippen LogP contribution in [0.5, 0.6) is 0 Å². The molecule has 9 saturated heterocycles. The molecule has 9 aliphatic heterocycles. The third-order valence-corrected chi connectivity index (χ3v) is 20.7. The minimum Gasteiger partial charge on any atom is -0.394 e. The molecule has 9 aliphatic rings. The van der Waals surface area contributed by atoms with Crippen LogP contribution in [0.2, 0.25) is 0 Å². The first-order chi connectivity index (χ1) is 53.3. The molecule has 0 aromatic rings. The summed E-state index contributed by atoms with van der Waals surface area (Å²) in [6.07, 6.45) is -78.9. The average Bonchev–Trinajstić information content (AvgIpc) is 0.769. The Morgan fingerprint density at radius 2 is 0.522 bits per heavy atom. The summed E-state index contributed by atoms with van der Waals surface area (Å²) >= 11 is 0. The fourth-order valence-electron chi connectivity index (χ4n) is 14.7. The van der Waals surface area contributed by atoms with Gasteiger partial charge in [0.2, 0.25) is 29.5 Å². The Hall–Kier alpha value is -4.21. The molecule has 5 amide bonds. The van der Waals surface area contributed by atoms with Crippen LogP contribution in [0, 0.1) is 0 Å². The van der Waals surface area contributed by atoms with E-state index in [1.165, 1.54) is 13.8 Å². The Morgan fingerprint density at radius 1 is 0.248 bits per heavy atom. The molecule has 9 heterocycles. The van der Waals surface area contributed by atoms with E-state index in [0.29, 0.717) is 0 Å². The Labute approximate surface area is 642 Å². The summed E-state index contributed by atoms with van der Waals surface area (Å²) in [5.74, 6) is -4.43. The minimum absolute atomic E-state index is 0.825. The maximum Gasteiger partial charge on any atom is 0.217 e. The molecule has 0 aromatic heterocycles. The largest absolute Gasteiger partial charge is 0.394 e. The second kappa shape index (κ2) is 40.2. The number of hydrogen-bond acceptors (Lipinski definition) is 44. The van der Waals surface area contributed by atoms with Gasteiger partial charge in [0.1, 0.15) is 207 Å². The second-order valence-electron chi connectivity index (χ2n) is 28.9. The molecule has 45 atom stereocenters. The SMILES string of the molecule is CC(=O)N[C@@H]1[C@@H](O[C@@H]2O[C@H](CO)[C@@H](O[C@@H]3O[C@H](CO)[C@H](O)[C@H](O[C@H]4O[C@H](CO)[C@H](O)[C@H](O)[C@H]4NC(C)=O)[C@H]3O[C@@H]3O[C@@H](C)[C@@H](O)[C@@H](O)[C@@H]3O)[C@H](O)[C@H]2NC(C)=O)[C@@H](O)[C@@H](CO[C@@H]2O[C@H](CO)[C@@H](O[C@@H]3O[C@H](CO)[C@H](O)[C@H](O[C@H]4O[C@H](CO)[C@H](O)[C@H](O)[C@H]4NC(C)=O)[C@H]3O[C@@H]3O[C@@H](C)[C@@H](O)[C@@H](O)[C@@H]3O)[C@H](O)[C@H]2NC(C)=O)O[C@H]1O. The lowest BCUT2D eigenvalue weighted by Crippen LogP contribution is -2.71. The Morgan fingerprint density at radius 3 is 0.876 bits per heavy atom. The highest BCUT2D eigenvalue weighted by Crippen LogP contribution is 2.41. The van der Waals surface area contributed by atoms with Crippen LogP contribution in [-0.2, 0) is 104 Å². The van der Waals surface area contributed by atoms with Gasteiger partial charge in [0.25, 0.3) is 0 Å². The van der Waals surface area contributed by atoms with Gasteiger partial charge >= 0.3 is 0 Å². The number of amides is 5. The van der Waals surface area contributed by atoms with E-state index < -0.39 is 352 Å². The number of carbonyl (C=O) groups excluding carboxylic acids is 5. The second-order valence-corrected chi connectivity index (χ2v) is 28.9. The molecule has 9 fully saturated rings. The van der Waals surface area contributed by atoms with Crippen molar-refractivity contribution >= 4 is 29.5 Å². The van der Waals surface area contributed by atoms with E-state index in [2.05, 4.69) is 26.6 Å². The van der Waals surface area contributed by atoms with Crippen LogP contribution in [-0.4, -0.2) is 464 Å². The van der Waals surface area contributed by atoms with Crippen LogP contribution in [0.3, 0.4) is 0 Å². The molecule has 0 aromatic carbocycles. The summed E-state index contributed by atoms with van der Waals surface area (Å²) in [4.78, 5) is 64.2. The first-order valence-electron chi connectivity index (χ1n) is 36.3. The van der Waals surface area contributed by atoms with Crippen molar-refractivity contribution in [3.63, 3.8) is 0 Å². The van der Waals surface area contributed by atoms with E-state index in [1.54, 1.807) is 0 Å². The smallest absolute Gasteiger partial charge is 0.217 e. The van der Waals surface area contributed by atoms with Crippen LogP contribution in [0.15, 0.2) is 0 Å². The highest BCUT2D eigenvalue weighted by Gasteiger charge is 2.62. The van der Waals surface area contributed by atoms with Crippen molar-refractivity contribution in [1.82, 2.24) is 26.6 Å². The van der Waals surface area contributed by atoms with E-state index in [-0.39, 0.29) is 0 Å². The number of hydrogen-bond donors (Lipinski definition) is 27. The number of ether oxygens (including phenoxy) is 17. The number of rotatable bonds is 28. The van der Waals surface area contributed by atoms with E-state index >= 15 is 0 Å². The summed E-state index contributed by atoms with van der Waals surface area (Å²) in [6, 6.07) is -9.15. The lowest BCUT2D eigenvalue weighted by Gasteiger charge is -2.52. The van der Waals surface area contributed by atoms with Crippen LogP contribution >= 0.6 is 0 Å². The molecular weight excluding hydrogens is 1540 g/mol. The summed E-state index contributed by atoms with van der Waals surface area (Å²) in [5.41, 5.74) is 0. The Kier molecular flexibility index (Phi) is 33.0. The van der Waals surface area contributed by atoms with Gasteiger partial charge in [0.15, 0.2) is 56.6 Å². The molecule has 49 nitrogen and oxygen atoms in total. The standard InChI is InChI=1S/C64H107N5O44/c1-15-34(81)45(92)47(94)61(98-15)112-54-52(110-58-29(65-17(3)76)41(88)36(83)22(8-70)101-58)38(85)24(10-72)103-63(54)107-49-26(12-74)105-57(31(43(49)90)67-19(5)78)97-14-28-40(87)51(33(56(96)100-28)69-21(7)80)109-60-32(68-20(6)79)44(91)50(27(13-75)106-60)108-64-55(113-62-48(95)46(93)35(82)16(2)99-62)53(39(86)25(11-73)104-64)111-59-30(66-18(4)77)42(89)37(84)23(9-71)102-59/h15-16,22-64,70-75,81-96H,8-14H2,1-7H3,(H,65,76)(H,66,77)(H,67,78)(H,68,79)(H,69,80)/t15-,16-,22+,23+,24+,25+,26+,27+,28+,29+,30+,31+,32+,33+,34+,35+,36-,37-,38-,39-,40-,41+,42+,43+,44+,45+,46+,47-,48-,49+,50+,51+,52-,53-,54+,55+,56+,57+,58+,59+,60-,61-,62-,63-,64-/m0/s1. The number of aliphatic hydroxyl groups excluding tert-OH is 22. The third-order valence-electron chi connectivity index (χ3n) is 20.7. The van der Waals surface area contributed by atoms with Crippen molar-refractivity contribution in [2.75, 3.05) is 46.2 Å². The fourth-order valence-corrected chi connectivity index (χ4v) is 14.7. The van der Waals surface area contributed by atoms with Crippen molar-refractivity contribution in [1.29, 1.82) is 0 Å². The van der Waals surface area contributed by atoms with Gasteiger partial charge < -0.3 is 219 Å². The van der Waals surface area contributed by atoms with E-state index in [9.17, 15) is 136 Å². The van der Waals surface area contributed by atoms with Crippen LogP contribution in [0.4, 0.5) is 0 Å². The van der Waals surface area contributed by atoms with Gasteiger partial charge in [-0.2, -0.15) is 0 Å². The highest BCUT2D eigenvalue weighted by atomic mass is 16.8. The van der Waals surface area contributed by atoms with Crippen molar-refractivity contribution in [2.24, 2.45) is 0 Å². The minimum atomic E-state index is -2.26. The van der Waals surface area contributed by atoms with Gasteiger partial charge in [0, 0.05) is 34.6 Å². The van der Waals surface area contributed by atoms with Crippen LogP contribution in [0.1, 0.15) is 48.5 Å². The molecule has 27 N–H and O–H groups in total. The number of nitrogens with one attached hydrogen (secondary N) is 5. The number of carbonyl (C=O) groups is 5. The number of aliphatic hydroxyl groups is 22. The Balaban J connectivity index is 0.980. The van der Waals surface area contributed by atoms with Gasteiger partial charge in [-0.3, -0.25) is 24.0 Å². The van der Waals surface area contributed by atoms with Gasteiger partial charge in [-0.05, 0) is 13.8 Å². The lowest BCUT2D eigenvalue weighted by molar-refractivity contribution is -0.400. The van der Waals surface area contributed by atoms with E-state index in [4.69, 9.17) is 80.5 Å². The van der Waals surface area contributed by atoms with Crippen LogP contribution < -0.4 is 26.6 Å².